The maximum atomic E-state index is 5.44. The molecule has 1 unspecified atom stereocenters. The molecule has 4 rings (SSSR count). The molecule has 3 aromatic rings. The van der Waals surface area contributed by atoms with E-state index in [0.29, 0.717) is 5.92 Å². The molecule has 1 aliphatic rings. The van der Waals surface area contributed by atoms with Crippen LogP contribution in [0.2, 0.25) is 0 Å². The first-order chi connectivity index (χ1) is 13.2. The van der Waals surface area contributed by atoms with E-state index >= 15 is 0 Å². The fourth-order valence-electron chi connectivity index (χ4n) is 3.94. The molecule has 1 aromatic carbocycles. The molecular weight excluding hydrogens is 342 g/mol. The monoisotopic (exact) mass is 367 g/mol. The Morgan fingerprint density at radius 1 is 1.11 bits per heavy atom. The zero-order chi connectivity index (χ0) is 18.8. The molecule has 7 heteroatoms. The quantitative estimate of drug-likeness (QED) is 0.691. The van der Waals surface area contributed by atoms with Gasteiger partial charge in [-0.25, -0.2) is 14.6 Å². The van der Waals surface area contributed by atoms with E-state index in [1.54, 1.807) is 26.6 Å². The van der Waals surface area contributed by atoms with Gasteiger partial charge in [0.25, 0.3) is 0 Å². The number of methoxy groups -OCH3 is 2. The van der Waals surface area contributed by atoms with Crippen molar-refractivity contribution in [3.05, 3.63) is 41.9 Å². The second-order valence-corrected chi connectivity index (χ2v) is 7.00. The van der Waals surface area contributed by atoms with Gasteiger partial charge in [-0.05, 0) is 37.1 Å². The van der Waals surface area contributed by atoms with Gasteiger partial charge in [0, 0.05) is 38.4 Å². The number of benzene rings is 1. The van der Waals surface area contributed by atoms with Gasteiger partial charge in [-0.15, -0.1) is 0 Å². The molecule has 1 saturated heterocycles. The van der Waals surface area contributed by atoms with Crippen molar-refractivity contribution in [2.45, 2.75) is 25.3 Å². The van der Waals surface area contributed by atoms with Crippen molar-refractivity contribution in [3.63, 3.8) is 0 Å². The molecule has 142 valence electrons. The number of fused-ring (bicyclic) bond motifs is 1. The second-order valence-electron chi connectivity index (χ2n) is 7.00. The Labute approximate surface area is 158 Å². The summed E-state index contributed by atoms with van der Waals surface area (Å²) in [5, 5.41) is 4.73. The van der Waals surface area contributed by atoms with Crippen LogP contribution in [0.1, 0.15) is 30.0 Å². The van der Waals surface area contributed by atoms with Gasteiger partial charge < -0.3 is 9.47 Å². The zero-order valence-corrected chi connectivity index (χ0v) is 16.1. The van der Waals surface area contributed by atoms with E-state index in [4.69, 9.17) is 14.6 Å². The SMILES string of the molecule is COc1ccc(CN2CCCC(c3nn(C)c4nccnc34)C2)cc1OC. The van der Waals surface area contributed by atoms with Crippen LogP contribution in [0.15, 0.2) is 30.6 Å². The van der Waals surface area contributed by atoms with Gasteiger partial charge >= 0.3 is 0 Å². The molecule has 2 aromatic heterocycles. The lowest BCUT2D eigenvalue weighted by Gasteiger charge is -2.32. The average Bonchev–Trinajstić information content (AvgIpc) is 3.05. The van der Waals surface area contributed by atoms with E-state index in [1.165, 1.54) is 5.56 Å². The van der Waals surface area contributed by atoms with Crippen molar-refractivity contribution < 1.29 is 9.47 Å². The Balaban J connectivity index is 1.53. The predicted molar refractivity (Wildman–Crippen MR) is 103 cm³/mol. The van der Waals surface area contributed by atoms with Crippen LogP contribution < -0.4 is 9.47 Å². The van der Waals surface area contributed by atoms with Crippen LogP contribution >= 0.6 is 0 Å². The minimum atomic E-state index is 0.374. The fraction of sp³-hybridized carbons (Fsp3) is 0.450. The summed E-state index contributed by atoms with van der Waals surface area (Å²) < 4.78 is 12.6. The minimum absolute atomic E-state index is 0.374. The number of aryl methyl sites for hydroxylation is 1. The highest BCUT2D eigenvalue weighted by Gasteiger charge is 2.26. The predicted octanol–water partition coefficient (Wildman–Crippen LogP) is 2.76. The molecule has 1 aliphatic heterocycles. The van der Waals surface area contributed by atoms with E-state index in [0.717, 1.165) is 60.8 Å². The van der Waals surface area contributed by atoms with Crippen molar-refractivity contribution in [1.82, 2.24) is 24.6 Å². The molecule has 1 fully saturated rings. The van der Waals surface area contributed by atoms with Crippen molar-refractivity contribution in [2.24, 2.45) is 7.05 Å². The first-order valence-corrected chi connectivity index (χ1v) is 9.26. The number of rotatable bonds is 5. The first kappa shape index (κ1) is 17.7. The maximum Gasteiger partial charge on any atom is 0.176 e. The largest absolute Gasteiger partial charge is 0.493 e. The van der Waals surface area contributed by atoms with Crippen LogP contribution in [0.5, 0.6) is 11.5 Å². The Bertz CT molecular complexity index is 939. The van der Waals surface area contributed by atoms with Gasteiger partial charge in [0.2, 0.25) is 0 Å². The normalized spacial score (nSPS) is 18.0. The molecule has 3 heterocycles. The smallest absolute Gasteiger partial charge is 0.176 e. The lowest BCUT2D eigenvalue weighted by Crippen LogP contribution is -2.34. The topological polar surface area (TPSA) is 65.3 Å². The summed E-state index contributed by atoms with van der Waals surface area (Å²) in [4.78, 5) is 11.4. The summed E-state index contributed by atoms with van der Waals surface area (Å²) in [6, 6.07) is 6.13. The molecule has 0 spiro atoms. The van der Waals surface area contributed by atoms with Gasteiger partial charge in [0.1, 0.15) is 5.52 Å². The molecule has 0 bridgehead atoms. The van der Waals surface area contributed by atoms with E-state index in [9.17, 15) is 0 Å². The molecule has 7 nitrogen and oxygen atoms in total. The number of piperidine rings is 1. The molecule has 0 amide bonds. The highest BCUT2D eigenvalue weighted by molar-refractivity contribution is 5.73. The summed E-state index contributed by atoms with van der Waals surface area (Å²) >= 11 is 0. The lowest BCUT2D eigenvalue weighted by molar-refractivity contribution is 0.198. The zero-order valence-electron chi connectivity index (χ0n) is 16.1. The maximum absolute atomic E-state index is 5.44. The number of hydrogen-bond acceptors (Lipinski definition) is 6. The van der Waals surface area contributed by atoms with Crippen LogP contribution in [-0.4, -0.2) is 52.0 Å². The van der Waals surface area contributed by atoms with E-state index in [2.05, 4.69) is 27.0 Å². The number of likely N-dealkylation sites (tertiary alicyclic amines) is 1. The summed E-state index contributed by atoms with van der Waals surface area (Å²) in [5.74, 6) is 1.91. The van der Waals surface area contributed by atoms with Crippen LogP contribution in [0.3, 0.4) is 0 Å². The lowest BCUT2D eigenvalue weighted by atomic mass is 9.94. The molecule has 0 saturated carbocycles. The Kier molecular flexibility index (Phi) is 4.94. The third kappa shape index (κ3) is 3.47. The molecule has 0 radical (unpaired) electrons. The van der Waals surface area contributed by atoms with Gasteiger partial charge in [-0.1, -0.05) is 6.07 Å². The van der Waals surface area contributed by atoms with Crippen molar-refractivity contribution in [3.8, 4) is 11.5 Å². The number of hydrogen-bond donors (Lipinski definition) is 0. The highest BCUT2D eigenvalue weighted by atomic mass is 16.5. The van der Waals surface area contributed by atoms with Crippen LogP contribution in [0.4, 0.5) is 0 Å². The third-order valence-electron chi connectivity index (χ3n) is 5.23. The molecule has 1 atom stereocenters. The minimum Gasteiger partial charge on any atom is -0.493 e. The Morgan fingerprint density at radius 3 is 2.74 bits per heavy atom. The molecule has 0 aliphatic carbocycles. The van der Waals surface area contributed by atoms with Crippen LogP contribution in [-0.2, 0) is 13.6 Å². The van der Waals surface area contributed by atoms with Crippen molar-refractivity contribution in [2.75, 3.05) is 27.3 Å². The van der Waals surface area contributed by atoms with E-state index in [-0.39, 0.29) is 0 Å². The van der Waals surface area contributed by atoms with Gasteiger partial charge in [-0.3, -0.25) is 4.90 Å². The van der Waals surface area contributed by atoms with E-state index < -0.39 is 0 Å². The molecule has 27 heavy (non-hydrogen) atoms. The van der Waals surface area contributed by atoms with Gasteiger partial charge in [0.15, 0.2) is 17.1 Å². The number of aromatic nitrogens is 4. The van der Waals surface area contributed by atoms with E-state index in [1.807, 2.05) is 17.8 Å². The first-order valence-electron chi connectivity index (χ1n) is 9.26. The number of ether oxygens (including phenoxy) is 2. The standard InChI is InChI=1S/C20H25N5O2/c1-24-20-19(21-8-9-22-20)18(23-24)15-5-4-10-25(13-15)12-14-6-7-16(26-2)17(11-14)27-3/h6-9,11,15H,4-5,10,12-13H2,1-3H3. The molecular formula is C20H25N5O2. The Hall–Kier alpha value is -2.67. The summed E-state index contributed by atoms with van der Waals surface area (Å²) in [6.45, 7) is 2.94. The van der Waals surface area contributed by atoms with Crippen molar-refractivity contribution in [1.29, 1.82) is 0 Å². The van der Waals surface area contributed by atoms with Crippen LogP contribution in [0.25, 0.3) is 11.2 Å². The highest BCUT2D eigenvalue weighted by Crippen LogP contribution is 2.32. The van der Waals surface area contributed by atoms with Crippen LogP contribution in [0, 0.1) is 0 Å². The third-order valence-corrected chi connectivity index (χ3v) is 5.23. The average molecular weight is 367 g/mol. The Morgan fingerprint density at radius 2 is 1.93 bits per heavy atom. The summed E-state index contributed by atoms with van der Waals surface area (Å²) in [6.07, 6.45) is 5.75. The number of nitrogens with zero attached hydrogens (tertiary/aromatic N) is 5. The second kappa shape index (κ2) is 7.52. The summed E-state index contributed by atoms with van der Waals surface area (Å²) in [5.41, 5.74) is 4.07. The molecule has 0 N–H and O–H groups in total. The van der Waals surface area contributed by atoms with Crippen molar-refractivity contribution >= 4 is 11.2 Å². The van der Waals surface area contributed by atoms with Gasteiger partial charge in [-0.2, -0.15) is 5.10 Å². The summed E-state index contributed by atoms with van der Waals surface area (Å²) in [7, 11) is 5.27. The fourth-order valence-corrected chi connectivity index (χ4v) is 3.94. The van der Waals surface area contributed by atoms with Gasteiger partial charge in [0.05, 0.1) is 19.9 Å².